The molecule has 0 amide bonds. The fourth-order valence-electron chi connectivity index (χ4n) is 2.89. The molecule has 9 heteroatoms. The molecule has 150 valence electrons. The predicted molar refractivity (Wildman–Crippen MR) is 106 cm³/mol. The topological polar surface area (TPSA) is 79.7 Å². The molecule has 0 fully saturated rings. The minimum absolute atomic E-state index is 0.0122. The molecule has 3 rings (SSSR count). The van der Waals surface area contributed by atoms with Crippen LogP contribution < -0.4 is 4.74 Å². The SMILES string of the molecule is COC(=O)c1c(-c2cc(Br)cc(F)c2OC)nn(-c2ccccc2)c1C(=O)OC. The molecule has 1 heterocycles. The summed E-state index contributed by atoms with van der Waals surface area (Å²) in [5.74, 6) is -2.43. The van der Waals surface area contributed by atoms with Gasteiger partial charge in [0.2, 0.25) is 0 Å². The molecule has 0 aliphatic rings. The van der Waals surface area contributed by atoms with Gasteiger partial charge in [0.1, 0.15) is 11.3 Å². The second-order valence-corrected chi connectivity index (χ2v) is 6.69. The average Bonchev–Trinajstić information content (AvgIpc) is 3.13. The molecule has 0 saturated heterocycles. The number of benzene rings is 2. The fourth-order valence-corrected chi connectivity index (χ4v) is 3.32. The van der Waals surface area contributed by atoms with E-state index in [9.17, 15) is 14.0 Å². The number of para-hydroxylation sites is 1. The second-order valence-electron chi connectivity index (χ2n) is 5.77. The van der Waals surface area contributed by atoms with Crippen LogP contribution >= 0.6 is 15.9 Å². The largest absolute Gasteiger partial charge is 0.493 e. The summed E-state index contributed by atoms with van der Waals surface area (Å²) in [4.78, 5) is 25.2. The lowest BCUT2D eigenvalue weighted by molar-refractivity contribution is 0.0549. The van der Waals surface area contributed by atoms with E-state index in [1.165, 1.54) is 38.1 Å². The van der Waals surface area contributed by atoms with Gasteiger partial charge in [-0.25, -0.2) is 18.7 Å². The van der Waals surface area contributed by atoms with Crippen LogP contribution in [0.1, 0.15) is 20.8 Å². The Bertz CT molecular complexity index is 1080. The highest BCUT2D eigenvalue weighted by molar-refractivity contribution is 9.10. The predicted octanol–water partition coefficient (Wildman–Crippen LogP) is 4.02. The van der Waals surface area contributed by atoms with Crippen LogP contribution in [0.5, 0.6) is 5.75 Å². The minimum Gasteiger partial charge on any atom is -0.493 e. The van der Waals surface area contributed by atoms with Gasteiger partial charge in [0.15, 0.2) is 17.3 Å². The number of carbonyl (C=O) groups excluding carboxylic acids is 2. The third-order valence-electron chi connectivity index (χ3n) is 4.12. The van der Waals surface area contributed by atoms with Crippen molar-refractivity contribution >= 4 is 27.9 Å². The number of rotatable bonds is 5. The van der Waals surface area contributed by atoms with Crippen LogP contribution in [0.2, 0.25) is 0 Å². The smallest absolute Gasteiger partial charge is 0.357 e. The first-order valence-corrected chi connectivity index (χ1v) is 9.10. The fraction of sp³-hybridized carbons (Fsp3) is 0.150. The van der Waals surface area contributed by atoms with Crippen molar-refractivity contribution in [1.82, 2.24) is 9.78 Å². The van der Waals surface area contributed by atoms with Crippen molar-refractivity contribution in [2.24, 2.45) is 0 Å². The molecular formula is C20H16BrFN2O5. The van der Waals surface area contributed by atoms with Crippen LogP contribution in [0.25, 0.3) is 16.9 Å². The number of carbonyl (C=O) groups is 2. The number of aromatic nitrogens is 2. The van der Waals surface area contributed by atoms with Crippen molar-refractivity contribution in [3.63, 3.8) is 0 Å². The van der Waals surface area contributed by atoms with E-state index in [2.05, 4.69) is 21.0 Å². The van der Waals surface area contributed by atoms with Crippen LogP contribution in [0.3, 0.4) is 0 Å². The number of nitrogens with zero attached hydrogens (tertiary/aromatic N) is 2. The van der Waals surface area contributed by atoms with Crippen LogP contribution in [-0.2, 0) is 9.47 Å². The molecule has 3 aromatic rings. The maximum atomic E-state index is 14.5. The van der Waals surface area contributed by atoms with E-state index in [1.54, 1.807) is 30.3 Å². The highest BCUT2D eigenvalue weighted by Crippen LogP contribution is 2.38. The second kappa shape index (κ2) is 8.44. The first kappa shape index (κ1) is 20.5. The summed E-state index contributed by atoms with van der Waals surface area (Å²) in [6.07, 6.45) is 0. The standard InChI is InChI=1S/C20H16BrFN2O5/c1-27-18-13(9-11(21)10-14(18)22)16-15(19(25)28-2)17(20(26)29-3)24(23-16)12-7-5-4-6-8-12/h4-10H,1-3H3. The summed E-state index contributed by atoms with van der Waals surface area (Å²) in [5, 5.41) is 4.43. The summed E-state index contributed by atoms with van der Waals surface area (Å²) < 4.78 is 31.0. The molecule has 0 unspecified atom stereocenters. The highest BCUT2D eigenvalue weighted by atomic mass is 79.9. The maximum Gasteiger partial charge on any atom is 0.357 e. The molecule has 0 radical (unpaired) electrons. The van der Waals surface area contributed by atoms with Gasteiger partial charge in [-0.2, -0.15) is 5.10 Å². The van der Waals surface area contributed by atoms with Gasteiger partial charge in [-0.1, -0.05) is 34.1 Å². The summed E-state index contributed by atoms with van der Waals surface area (Å²) in [7, 11) is 3.65. The third kappa shape index (κ3) is 3.73. The van der Waals surface area contributed by atoms with E-state index < -0.39 is 17.8 Å². The lowest BCUT2D eigenvalue weighted by Gasteiger charge is -2.10. The monoisotopic (exact) mass is 462 g/mol. The lowest BCUT2D eigenvalue weighted by atomic mass is 10.0. The summed E-state index contributed by atoms with van der Waals surface area (Å²) in [6.45, 7) is 0. The Morgan fingerprint density at radius 2 is 1.69 bits per heavy atom. The number of hydrogen-bond acceptors (Lipinski definition) is 6. The Morgan fingerprint density at radius 3 is 2.28 bits per heavy atom. The van der Waals surface area contributed by atoms with Gasteiger partial charge in [0.25, 0.3) is 0 Å². The summed E-state index contributed by atoms with van der Waals surface area (Å²) in [6, 6.07) is 11.4. The first-order valence-electron chi connectivity index (χ1n) is 8.31. The summed E-state index contributed by atoms with van der Waals surface area (Å²) in [5.41, 5.74) is 0.360. The first-order chi connectivity index (χ1) is 13.9. The summed E-state index contributed by atoms with van der Waals surface area (Å²) >= 11 is 3.23. The quantitative estimate of drug-likeness (QED) is 0.532. The molecule has 7 nitrogen and oxygen atoms in total. The van der Waals surface area contributed by atoms with Crippen LogP contribution in [0.15, 0.2) is 46.9 Å². The van der Waals surface area contributed by atoms with Crippen LogP contribution in [-0.4, -0.2) is 43.0 Å². The van der Waals surface area contributed by atoms with Crippen LogP contribution in [0.4, 0.5) is 4.39 Å². The van der Waals surface area contributed by atoms with Crippen molar-refractivity contribution < 1.29 is 28.2 Å². The van der Waals surface area contributed by atoms with Crippen LogP contribution in [0, 0.1) is 5.82 Å². The molecule has 2 aromatic carbocycles. The zero-order valence-electron chi connectivity index (χ0n) is 15.7. The van der Waals surface area contributed by atoms with Gasteiger partial charge in [-0.3, -0.25) is 0 Å². The molecule has 0 spiro atoms. The molecule has 0 saturated carbocycles. The van der Waals surface area contributed by atoms with E-state index in [1.807, 2.05) is 0 Å². The van der Waals surface area contributed by atoms with E-state index in [0.717, 1.165) is 0 Å². The van der Waals surface area contributed by atoms with E-state index in [-0.39, 0.29) is 28.3 Å². The molecule has 0 bridgehead atoms. The van der Waals surface area contributed by atoms with Gasteiger partial charge in [0.05, 0.1) is 27.0 Å². The molecule has 29 heavy (non-hydrogen) atoms. The zero-order valence-corrected chi connectivity index (χ0v) is 17.3. The van der Waals surface area contributed by atoms with Gasteiger partial charge < -0.3 is 14.2 Å². The number of ether oxygens (including phenoxy) is 3. The third-order valence-corrected chi connectivity index (χ3v) is 4.58. The van der Waals surface area contributed by atoms with E-state index >= 15 is 0 Å². The normalized spacial score (nSPS) is 10.5. The average molecular weight is 463 g/mol. The Labute approximate surface area is 174 Å². The Balaban J connectivity index is 2.44. The Hall–Kier alpha value is -3.20. The van der Waals surface area contributed by atoms with Crippen molar-refractivity contribution in [3.8, 4) is 22.7 Å². The Kier molecular flexibility index (Phi) is 5.97. The van der Waals surface area contributed by atoms with Gasteiger partial charge >= 0.3 is 11.9 Å². The lowest BCUT2D eigenvalue weighted by Crippen LogP contribution is -2.15. The molecule has 0 N–H and O–H groups in total. The van der Waals surface area contributed by atoms with Crippen molar-refractivity contribution in [1.29, 1.82) is 0 Å². The van der Waals surface area contributed by atoms with Gasteiger partial charge in [-0.15, -0.1) is 0 Å². The minimum atomic E-state index is -0.829. The highest BCUT2D eigenvalue weighted by Gasteiger charge is 2.33. The molecule has 0 aliphatic heterocycles. The molecular weight excluding hydrogens is 447 g/mol. The van der Waals surface area contributed by atoms with Gasteiger partial charge in [-0.05, 0) is 24.3 Å². The van der Waals surface area contributed by atoms with Crippen molar-refractivity contribution in [3.05, 3.63) is 64.0 Å². The number of methoxy groups -OCH3 is 3. The zero-order chi connectivity index (χ0) is 21.1. The number of hydrogen-bond donors (Lipinski definition) is 0. The molecule has 0 aliphatic carbocycles. The van der Waals surface area contributed by atoms with Gasteiger partial charge in [0, 0.05) is 10.0 Å². The number of halogens is 2. The molecule has 1 aromatic heterocycles. The van der Waals surface area contributed by atoms with E-state index in [4.69, 9.17) is 14.2 Å². The molecule has 0 atom stereocenters. The van der Waals surface area contributed by atoms with Crippen molar-refractivity contribution in [2.75, 3.05) is 21.3 Å². The maximum absolute atomic E-state index is 14.5. The Morgan fingerprint density at radius 1 is 1.03 bits per heavy atom. The van der Waals surface area contributed by atoms with Crippen molar-refractivity contribution in [2.45, 2.75) is 0 Å². The number of esters is 2. The van der Waals surface area contributed by atoms with E-state index in [0.29, 0.717) is 10.2 Å².